The molecule has 1 aromatic carbocycles. The van der Waals surface area contributed by atoms with Crippen LogP contribution in [0.15, 0.2) is 18.2 Å². The molecule has 1 fully saturated rings. The fraction of sp³-hybridized carbons (Fsp3) is 0.625. The first-order valence-corrected chi connectivity index (χ1v) is 7.15. The third-order valence-corrected chi connectivity index (χ3v) is 4.33. The number of benzene rings is 1. The molecule has 3 atom stereocenters. The minimum absolute atomic E-state index is 0.249. The van der Waals surface area contributed by atoms with E-state index in [1.54, 1.807) is 14.2 Å². The quantitative estimate of drug-likeness (QED) is 0.906. The highest BCUT2D eigenvalue weighted by Crippen LogP contribution is 2.41. The number of ether oxygens (including phenoxy) is 2. The topological polar surface area (TPSA) is 44.5 Å². The van der Waals surface area contributed by atoms with Gasteiger partial charge < -0.3 is 15.2 Å². The van der Waals surface area contributed by atoms with Gasteiger partial charge in [-0.1, -0.05) is 18.9 Å². The van der Waals surface area contributed by atoms with E-state index in [1.807, 2.05) is 6.07 Å². The summed E-state index contributed by atoms with van der Waals surface area (Å²) in [5.41, 5.74) is 7.50. The van der Waals surface area contributed by atoms with Gasteiger partial charge in [-0.3, -0.25) is 0 Å². The second-order valence-corrected chi connectivity index (χ2v) is 5.53. The van der Waals surface area contributed by atoms with Gasteiger partial charge in [0.05, 0.1) is 14.2 Å². The van der Waals surface area contributed by atoms with E-state index in [1.165, 1.54) is 31.2 Å². The van der Waals surface area contributed by atoms with E-state index in [4.69, 9.17) is 15.2 Å². The lowest BCUT2D eigenvalue weighted by molar-refractivity contribution is 0.270. The highest BCUT2D eigenvalue weighted by atomic mass is 16.5. The molecule has 1 saturated carbocycles. The lowest BCUT2D eigenvalue weighted by atomic mass is 9.72. The summed E-state index contributed by atoms with van der Waals surface area (Å²) in [6.07, 6.45) is 5.05. The number of hydrogen-bond donors (Lipinski definition) is 1. The average Bonchev–Trinajstić information content (AvgIpc) is 2.46. The molecule has 0 amide bonds. The Bertz CT molecular complexity index is 417. The number of hydrogen-bond acceptors (Lipinski definition) is 3. The van der Waals surface area contributed by atoms with Gasteiger partial charge in [0.25, 0.3) is 0 Å². The lowest BCUT2D eigenvalue weighted by Gasteiger charge is -2.34. The monoisotopic (exact) mass is 263 g/mol. The fourth-order valence-electron chi connectivity index (χ4n) is 3.29. The molecule has 106 valence electrons. The standard InChI is InChI=1S/C16H25NO2/c1-11(17)13-6-4-5-7-14(13)12-8-9-15(18-2)16(10-12)19-3/h8-11,13-14H,4-7,17H2,1-3H3. The molecule has 3 unspecified atom stereocenters. The van der Waals surface area contributed by atoms with Crippen LogP contribution in [0.1, 0.15) is 44.1 Å². The minimum Gasteiger partial charge on any atom is -0.493 e. The van der Waals surface area contributed by atoms with Crippen LogP contribution in [0, 0.1) is 5.92 Å². The summed E-state index contributed by atoms with van der Waals surface area (Å²) in [6.45, 7) is 2.13. The van der Waals surface area contributed by atoms with E-state index in [0.29, 0.717) is 11.8 Å². The Labute approximate surface area is 116 Å². The smallest absolute Gasteiger partial charge is 0.160 e. The van der Waals surface area contributed by atoms with Crippen molar-refractivity contribution in [3.63, 3.8) is 0 Å². The molecule has 1 aliphatic rings. The number of nitrogens with two attached hydrogens (primary N) is 1. The Morgan fingerprint density at radius 2 is 1.79 bits per heavy atom. The fourth-order valence-corrected chi connectivity index (χ4v) is 3.29. The zero-order valence-corrected chi connectivity index (χ0v) is 12.2. The summed E-state index contributed by atoms with van der Waals surface area (Å²) in [6, 6.07) is 6.52. The molecular weight excluding hydrogens is 238 g/mol. The Balaban J connectivity index is 2.28. The van der Waals surface area contributed by atoms with E-state index in [-0.39, 0.29) is 6.04 Å². The largest absolute Gasteiger partial charge is 0.493 e. The van der Waals surface area contributed by atoms with Crippen molar-refractivity contribution in [1.82, 2.24) is 0 Å². The van der Waals surface area contributed by atoms with Crippen LogP contribution in [0.25, 0.3) is 0 Å². The molecule has 0 saturated heterocycles. The molecule has 2 N–H and O–H groups in total. The lowest BCUT2D eigenvalue weighted by Crippen LogP contribution is -2.33. The zero-order valence-electron chi connectivity index (χ0n) is 12.2. The molecule has 1 aliphatic carbocycles. The maximum absolute atomic E-state index is 6.17. The van der Waals surface area contributed by atoms with Crippen molar-refractivity contribution >= 4 is 0 Å². The molecule has 1 aromatic rings. The number of methoxy groups -OCH3 is 2. The van der Waals surface area contributed by atoms with Crippen LogP contribution in [0.2, 0.25) is 0 Å². The molecule has 3 heteroatoms. The molecule has 0 aromatic heterocycles. The van der Waals surface area contributed by atoms with Crippen molar-refractivity contribution in [2.75, 3.05) is 14.2 Å². The van der Waals surface area contributed by atoms with E-state index in [9.17, 15) is 0 Å². The summed E-state index contributed by atoms with van der Waals surface area (Å²) in [4.78, 5) is 0. The Morgan fingerprint density at radius 3 is 2.42 bits per heavy atom. The normalized spacial score (nSPS) is 24.8. The van der Waals surface area contributed by atoms with Gasteiger partial charge in [0.1, 0.15) is 0 Å². The van der Waals surface area contributed by atoms with E-state index in [0.717, 1.165) is 11.5 Å². The second-order valence-electron chi connectivity index (χ2n) is 5.53. The maximum atomic E-state index is 6.17. The molecule has 0 aliphatic heterocycles. The SMILES string of the molecule is COc1ccc(C2CCCCC2C(C)N)cc1OC. The van der Waals surface area contributed by atoms with Gasteiger partial charge in [0.2, 0.25) is 0 Å². The first kappa shape index (κ1) is 14.2. The van der Waals surface area contributed by atoms with Crippen molar-refractivity contribution < 1.29 is 9.47 Å². The predicted octanol–water partition coefficient (Wildman–Crippen LogP) is 3.32. The van der Waals surface area contributed by atoms with Crippen molar-refractivity contribution in [2.24, 2.45) is 11.7 Å². The Hall–Kier alpha value is -1.22. The molecular formula is C16H25NO2. The zero-order chi connectivity index (χ0) is 13.8. The van der Waals surface area contributed by atoms with E-state index >= 15 is 0 Å². The summed E-state index contributed by atoms with van der Waals surface area (Å²) < 4.78 is 10.7. The second kappa shape index (κ2) is 6.29. The van der Waals surface area contributed by atoms with Gasteiger partial charge in [-0.25, -0.2) is 0 Å². The van der Waals surface area contributed by atoms with Crippen molar-refractivity contribution in [2.45, 2.75) is 44.6 Å². The molecule has 0 radical (unpaired) electrons. The third-order valence-electron chi connectivity index (χ3n) is 4.33. The first-order chi connectivity index (χ1) is 9.17. The molecule has 0 bridgehead atoms. The van der Waals surface area contributed by atoms with Crippen LogP contribution in [-0.4, -0.2) is 20.3 Å². The molecule has 0 spiro atoms. The molecule has 2 rings (SSSR count). The molecule has 19 heavy (non-hydrogen) atoms. The van der Waals surface area contributed by atoms with Gasteiger partial charge in [0.15, 0.2) is 11.5 Å². The van der Waals surface area contributed by atoms with Crippen LogP contribution in [0.3, 0.4) is 0 Å². The molecule has 3 nitrogen and oxygen atoms in total. The van der Waals surface area contributed by atoms with Gasteiger partial charge in [-0.2, -0.15) is 0 Å². The summed E-state index contributed by atoms with van der Waals surface area (Å²) in [5.74, 6) is 2.73. The van der Waals surface area contributed by atoms with Gasteiger partial charge in [0, 0.05) is 6.04 Å². The van der Waals surface area contributed by atoms with Crippen molar-refractivity contribution in [1.29, 1.82) is 0 Å². The number of rotatable bonds is 4. The minimum atomic E-state index is 0.249. The Morgan fingerprint density at radius 1 is 1.11 bits per heavy atom. The van der Waals surface area contributed by atoms with Crippen molar-refractivity contribution in [3.05, 3.63) is 23.8 Å². The summed E-state index contributed by atoms with van der Waals surface area (Å²) in [7, 11) is 3.36. The molecule has 0 heterocycles. The summed E-state index contributed by atoms with van der Waals surface area (Å²) >= 11 is 0. The predicted molar refractivity (Wildman–Crippen MR) is 77.9 cm³/mol. The summed E-state index contributed by atoms with van der Waals surface area (Å²) in [5, 5.41) is 0. The van der Waals surface area contributed by atoms with Crippen molar-refractivity contribution in [3.8, 4) is 11.5 Å². The van der Waals surface area contributed by atoms with E-state index < -0.39 is 0 Å². The Kier molecular flexibility index (Phi) is 4.70. The highest BCUT2D eigenvalue weighted by molar-refractivity contribution is 5.44. The van der Waals surface area contributed by atoms with Gasteiger partial charge in [-0.15, -0.1) is 0 Å². The highest BCUT2D eigenvalue weighted by Gasteiger charge is 2.29. The maximum Gasteiger partial charge on any atom is 0.160 e. The average molecular weight is 263 g/mol. The van der Waals surface area contributed by atoms with Gasteiger partial charge >= 0.3 is 0 Å². The first-order valence-electron chi connectivity index (χ1n) is 7.15. The van der Waals surface area contributed by atoms with E-state index in [2.05, 4.69) is 19.1 Å². The van der Waals surface area contributed by atoms with Gasteiger partial charge in [-0.05, 0) is 49.3 Å². The third kappa shape index (κ3) is 3.03. The van der Waals surface area contributed by atoms with Crippen LogP contribution in [0.5, 0.6) is 11.5 Å². The van der Waals surface area contributed by atoms with Crippen LogP contribution >= 0.6 is 0 Å². The van der Waals surface area contributed by atoms with Crippen LogP contribution < -0.4 is 15.2 Å². The van der Waals surface area contributed by atoms with Crippen LogP contribution in [-0.2, 0) is 0 Å². The van der Waals surface area contributed by atoms with Crippen LogP contribution in [0.4, 0.5) is 0 Å².